The van der Waals surface area contributed by atoms with Crippen LogP contribution in [0.3, 0.4) is 0 Å². The number of aromatic nitrogens is 2. The Balaban J connectivity index is 1.54. The summed E-state index contributed by atoms with van der Waals surface area (Å²) in [7, 11) is 3.21. The zero-order valence-electron chi connectivity index (χ0n) is 14.6. The molecule has 0 atom stereocenters. The molecule has 26 heavy (non-hydrogen) atoms. The summed E-state index contributed by atoms with van der Waals surface area (Å²) in [5.41, 5.74) is 1.68. The number of nitrogens with zero attached hydrogens (tertiary/aromatic N) is 2. The van der Waals surface area contributed by atoms with Gasteiger partial charge in [-0.2, -0.15) is 0 Å². The van der Waals surface area contributed by atoms with Crippen molar-refractivity contribution in [1.29, 1.82) is 0 Å². The van der Waals surface area contributed by atoms with E-state index in [9.17, 15) is 4.79 Å². The molecule has 3 rings (SSSR count). The first-order valence-corrected chi connectivity index (χ1v) is 8.04. The average molecular weight is 353 g/mol. The second-order valence-electron chi connectivity index (χ2n) is 5.53. The van der Waals surface area contributed by atoms with Crippen LogP contribution >= 0.6 is 0 Å². The Bertz CT molecular complexity index is 857. The summed E-state index contributed by atoms with van der Waals surface area (Å²) in [5, 5.41) is 10.7. The van der Waals surface area contributed by atoms with Crippen LogP contribution in [0.2, 0.25) is 0 Å². The van der Waals surface area contributed by atoms with Crippen molar-refractivity contribution in [2.24, 2.45) is 0 Å². The van der Waals surface area contributed by atoms with Gasteiger partial charge >= 0.3 is 0 Å². The van der Waals surface area contributed by atoms with E-state index in [2.05, 4.69) is 15.5 Å². The van der Waals surface area contributed by atoms with E-state index in [0.29, 0.717) is 11.8 Å². The molecule has 1 amide bonds. The number of amides is 1. The average Bonchev–Trinajstić information content (AvgIpc) is 3.16. The van der Waals surface area contributed by atoms with E-state index in [1.54, 1.807) is 14.2 Å². The van der Waals surface area contributed by atoms with Gasteiger partial charge in [0.25, 0.3) is 0 Å². The van der Waals surface area contributed by atoms with E-state index < -0.39 is 0 Å². The summed E-state index contributed by atoms with van der Waals surface area (Å²) in [6, 6.07) is 14.6. The molecule has 2 aromatic carbocycles. The van der Waals surface area contributed by atoms with Crippen molar-refractivity contribution in [3.8, 4) is 23.0 Å². The van der Waals surface area contributed by atoms with Crippen LogP contribution in [-0.4, -0.2) is 30.3 Å². The van der Waals surface area contributed by atoms with Gasteiger partial charge in [0.05, 0.1) is 27.2 Å². The van der Waals surface area contributed by atoms with Gasteiger partial charge in [-0.25, -0.2) is 0 Å². The Labute approximate surface area is 151 Å². The predicted octanol–water partition coefficient (Wildman–Crippen LogP) is 2.61. The van der Waals surface area contributed by atoms with E-state index in [1.165, 1.54) is 0 Å². The van der Waals surface area contributed by atoms with E-state index in [0.717, 1.165) is 22.6 Å². The SMILES string of the molecule is COc1ccc(CC(=O)NCc2nnc(-c3ccc(OC)cc3)o2)cc1. The summed E-state index contributed by atoms with van der Waals surface area (Å²) >= 11 is 0. The molecule has 0 saturated carbocycles. The Hall–Kier alpha value is -3.35. The molecular formula is C19H19N3O4. The molecule has 0 aliphatic carbocycles. The van der Waals surface area contributed by atoms with Crippen molar-refractivity contribution in [2.45, 2.75) is 13.0 Å². The minimum atomic E-state index is -0.126. The molecule has 0 saturated heterocycles. The zero-order chi connectivity index (χ0) is 18.4. The lowest BCUT2D eigenvalue weighted by atomic mass is 10.1. The molecule has 0 aliphatic rings. The minimum absolute atomic E-state index is 0.126. The molecule has 0 bridgehead atoms. The van der Waals surface area contributed by atoms with Crippen molar-refractivity contribution in [3.63, 3.8) is 0 Å². The van der Waals surface area contributed by atoms with E-state index in [1.807, 2.05) is 48.5 Å². The van der Waals surface area contributed by atoms with Gasteiger partial charge in [-0.1, -0.05) is 12.1 Å². The predicted molar refractivity (Wildman–Crippen MR) is 94.8 cm³/mol. The zero-order valence-corrected chi connectivity index (χ0v) is 14.6. The molecule has 0 aliphatic heterocycles. The van der Waals surface area contributed by atoms with Crippen LogP contribution in [-0.2, 0) is 17.8 Å². The number of rotatable bonds is 7. The largest absolute Gasteiger partial charge is 0.497 e. The number of methoxy groups -OCH3 is 2. The molecule has 7 heteroatoms. The Morgan fingerprint density at radius 2 is 1.58 bits per heavy atom. The van der Waals surface area contributed by atoms with E-state index >= 15 is 0 Å². The molecular weight excluding hydrogens is 334 g/mol. The Morgan fingerprint density at radius 1 is 0.962 bits per heavy atom. The van der Waals surface area contributed by atoms with Crippen LogP contribution in [0.4, 0.5) is 0 Å². The topological polar surface area (TPSA) is 86.5 Å². The number of hydrogen-bond donors (Lipinski definition) is 1. The highest BCUT2D eigenvalue weighted by Crippen LogP contribution is 2.21. The van der Waals surface area contributed by atoms with Gasteiger partial charge < -0.3 is 19.2 Å². The number of carbonyl (C=O) groups is 1. The smallest absolute Gasteiger partial charge is 0.247 e. The lowest BCUT2D eigenvalue weighted by Crippen LogP contribution is -2.24. The molecule has 3 aromatic rings. The van der Waals surface area contributed by atoms with Crippen LogP contribution in [0.25, 0.3) is 11.5 Å². The molecule has 7 nitrogen and oxygen atoms in total. The maximum atomic E-state index is 12.0. The molecule has 0 spiro atoms. The van der Waals surface area contributed by atoms with Crippen LogP contribution in [0.5, 0.6) is 11.5 Å². The minimum Gasteiger partial charge on any atom is -0.497 e. The second kappa shape index (κ2) is 8.15. The van der Waals surface area contributed by atoms with Crippen LogP contribution in [0.15, 0.2) is 52.9 Å². The maximum absolute atomic E-state index is 12.0. The highest BCUT2D eigenvalue weighted by molar-refractivity contribution is 5.78. The van der Waals surface area contributed by atoms with Crippen LogP contribution in [0.1, 0.15) is 11.5 Å². The summed E-state index contributed by atoms with van der Waals surface area (Å²) in [6.45, 7) is 0.179. The standard InChI is InChI=1S/C19H19N3O4/c1-24-15-7-3-13(4-8-15)11-17(23)20-12-18-21-22-19(26-18)14-5-9-16(25-2)10-6-14/h3-10H,11-12H2,1-2H3,(H,20,23). The number of benzene rings is 2. The van der Waals surface area contributed by atoms with Gasteiger partial charge in [0.2, 0.25) is 17.7 Å². The molecule has 134 valence electrons. The molecule has 1 N–H and O–H groups in total. The van der Waals surface area contributed by atoms with Crippen molar-refractivity contribution < 1.29 is 18.7 Å². The van der Waals surface area contributed by atoms with Gasteiger partial charge in [0.1, 0.15) is 11.5 Å². The van der Waals surface area contributed by atoms with Crippen LogP contribution < -0.4 is 14.8 Å². The van der Waals surface area contributed by atoms with Gasteiger partial charge in [-0.3, -0.25) is 4.79 Å². The first kappa shape index (κ1) is 17.5. The van der Waals surface area contributed by atoms with Crippen molar-refractivity contribution in [2.75, 3.05) is 14.2 Å². The third-order valence-corrected chi connectivity index (χ3v) is 3.76. The summed E-state index contributed by atoms with van der Waals surface area (Å²) in [4.78, 5) is 12.0. The maximum Gasteiger partial charge on any atom is 0.247 e. The fraction of sp³-hybridized carbons (Fsp3) is 0.211. The monoisotopic (exact) mass is 353 g/mol. The first-order chi connectivity index (χ1) is 12.7. The quantitative estimate of drug-likeness (QED) is 0.703. The van der Waals surface area contributed by atoms with Crippen molar-refractivity contribution in [1.82, 2.24) is 15.5 Å². The molecule has 1 heterocycles. The van der Waals surface area contributed by atoms with Crippen LogP contribution in [0, 0.1) is 0 Å². The van der Waals surface area contributed by atoms with Gasteiger partial charge in [0.15, 0.2) is 0 Å². The lowest BCUT2D eigenvalue weighted by Gasteiger charge is -2.04. The fourth-order valence-electron chi connectivity index (χ4n) is 2.34. The molecule has 0 radical (unpaired) electrons. The number of hydrogen-bond acceptors (Lipinski definition) is 6. The highest BCUT2D eigenvalue weighted by Gasteiger charge is 2.10. The Kier molecular flexibility index (Phi) is 5.48. The first-order valence-electron chi connectivity index (χ1n) is 8.04. The van der Waals surface area contributed by atoms with E-state index in [-0.39, 0.29) is 18.9 Å². The second-order valence-corrected chi connectivity index (χ2v) is 5.53. The normalized spacial score (nSPS) is 10.4. The number of ether oxygens (including phenoxy) is 2. The Morgan fingerprint density at radius 3 is 2.19 bits per heavy atom. The fourth-order valence-corrected chi connectivity index (χ4v) is 2.34. The van der Waals surface area contributed by atoms with Crippen molar-refractivity contribution in [3.05, 3.63) is 60.0 Å². The van der Waals surface area contributed by atoms with Crippen molar-refractivity contribution >= 4 is 5.91 Å². The third-order valence-electron chi connectivity index (χ3n) is 3.76. The third kappa shape index (κ3) is 4.38. The molecule has 0 unspecified atom stereocenters. The highest BCUT2D eigenvalue weighted by atomic mass is 16.5. The molecule has 0 fully saturated rings. The van der Waals surface area contributed by atoms with Gasteiger partial charge in [-0.15, -0.1) is 10.2 Å². The van der Waals surface area contributed by atoms with Gasteiger partial charge in [0, 0.05) is 5.56 Å². The number of nitrogens with one attached hydrogen (secondary N) is 1. The lowest BCUT2D eigenvalue weighted by molar-refractivity contribution is -0.120. The summed E-state index contributed by atoms with van der Waals surface area (Å²) < 4.78 is 15.8. The number of carbonyl (C=O) groups excluding carboxylic acids is 1. The van der Waals surface area contributed by atoms with E-state index in [4.69, 9.17) is 13.9 Å². The molecule has 1 aromatic heterocycles. The summed E-state index contributed by atoms with van der Waals surface area (Å²) in [6.07, 6.45) is 0.267. The summed E-state index contributed by atoms with van der Waals surface area (Å²) in [5.74, 6) is 2.12. The van der Waals surface area contributed by atoms with Gasteiger partial charge in [-0.05, 0) is 42.0 Å².